The fraction of sp³-hybridized carbons (Fsp3) is 0.250. The van der Waals surface area contributed by atoms with E-state index < -0.39 is 0 Å². The van der Waals surface area contributed by atoms with Crippen molar-refractivity contribution < 1.29 is 4.39 Å². The van der Waals surface area contributed by atoms with E-state index in [1.807, 2.05) is 6.07 Å². The van der Waals surface area contributed by atoms with Gasteiger partial charge < -0.3 is 5.32 Å². The first kappa shape index (κ1) is 14.1. The summed E-state index contributed by atoms with van der Waals surface area (Å²) < 4.78 is 14.5. The molecule has 0 saturated heterocycles. The molecule has 19 heavy (non-hydrogen) atoms. The highest BCUT2D eigenvalue weighted by atomic mass is 79.9. The Morgan fingerprint density at radius 3 is 2.26 bits per heavy atom. The van der Waals surface area contributed by atoms with Crippen molar-refractivity contribution in [2.45, 2.75) is 27.3 Å². The van der Waals surface area contributed by atoms with Crippen LogP contribution in [0.4, 0.5) is 10.1 Å². The summed E-state index contributed by atoms with van der Waals surface area (Å²) >= 11 is 3.26. The van der Waals surface area contributed by atoms with Crippen molar-refractivity contribution >= 4 is 21.6 Å². The lowest BCUT2D eigenvalue weighted by molar-refractivity contribution is 0.612. The van der Waals surface area contributed by atoms with Crippen molar-refractivity contribution in [3.05, 3.63) is 62.9 Å². The molecule has 2 aromatic carbocycles. The summed E-state index contributed by atoms with van der Waals surface area (Å²) in [5, 5.41) is 3.33. The van der Waals surface area contributed by atoms with Crippen LogP contribution in [0.15, 0.2) is 34.8 Å². The summed E-state index contributed by atoms with van der Waals surface area (Å²) in [5.74, 6) is -0.190. The van der Waals surface area contributed by atoms with Crippen molar-refractivity contribution in [1.82, 2.24) is 0 Å². The summed E-state index contributed by atoms with van der Waals surface area (Å²) in [4.78, 5) is 0. The van der Waals surface area contributed by atoms with E-state index in [9.17, 15) is 4.39 Å². The normalized spacial score (nSPS) is 10.6. The standard InChI is InChI=1S/C16H17BrFN/c1-10-6-11(2)16(12(3)7-10)19-9-13-4-5-14(17)8-15(13)18/h4-8,19H,9H2,1-3H3. The van der Waals surface area contributed by atoms with Gasteiger partial charge in [0.2, 0.25) is 0 Å². The lowest BCUT2D eigenvalue weighted by Crippen LogP contribution is -2.05. The molecule has 0 unspecified atom stereocenters. The largest absolute Gasteiger partial charge is 0.380 e. The zero-order valence-corrected chi connectivity index (χ0v) is 12.9. The third-order valence-corrected chi connectivity index (χ3v) is 3.64. The smallest absolute Gasteiger partial charge is 0.129 e. The predicted molar refractivity (Wildman–Crippen MR) is 82.1 cm³/mol. The molecule has 0 aliphatic carbocycles. The Labute approximate surface area is 122 Å². The molecule has 2 aromatic rings. The summed E-state index contributed by atoms with van der Waals surface area (Å²) in [7, 11) is 0. The van der Waals surface area contributed by atoms with E-state index in [-0.39, 0.29) is 5.82 Å². The minimum absolute atomic E-state index is 0.190. The Balaban J connectivity index is 2.19. The van der Waals surface area contributed by atoms with Gasteiger partial charge in [-0.05, 0) is 44.0 Å². The molecule has 0 atom stereocenters. The topological polar surface area (TPSA) is 12.0 Å². The van der Waals surface area contributed by atoms with Crippen molar-refractivity contribution in [3.63, 3.8) is 0 Å². The van der Waals surface area contributed by atoms with Crippen LogP contribution < -0.4 is 5.32 Å². The Kier molecular flexibility index (Phi) is 4.25. The average molecular weight is 322 g/mol. The number of anilines is 1. The second-order valence-electron chi connectivity index (χ2n) is 4.86. The maximum Gasteiger partial charge on any atom is 0.129 e. The van der Waals surface area contributed by atoms with Crippen LogP contribution in [0.5, 0.6) is 0 Å². The molecule has 0 aliphatic heterocycles. The van der Waals surface area contributed by atoms with Gasteiger partial charge >= 0.3 is 0 Å². The molecule has 0 amide bonds. The van der Waals surface area contributed by atoms with E-state index in [0.717, 1.165) is 10.2 Å². The van der Waals surface area contributed by atoms with Gasteiger partial charge in [0.25, 0.3) is 0 Å². The van der Waals surface area contributed by atoms with Crippen LogP contribution in [0, 0.1) is 26.6 Å². The SMILES string of the molecule is Cc1cc(C)c(NCc2ccc(Br)cc2F)c(C)c1. The number of aryl methyl sites for hydroxylation is 3. The highest BCUT2D eigenvalue weighted by Gasteiger charge is 2.06. The minimum atomic E-state index is -0.190. The predicted octanol–water partition coefficient (Wildman–Crippen LogP) is 5.13. The molecule has 0 bridgehead atoms. The Morgan fingerprint density at radius 2 is 1.68 bits per heavy atom. The van der Waals surface area contributed by atoms with Crippen LogP contribution >= 0.6 is 15.9 Å². The Bertz CT molecular complexity index is 585. The van der Waals surface area contributed by atoms with E-state index in [1.54, 1.807) is 6.07 Å². The second kappa shape index (κ2) is 5.74. The van der Waals surface area contributed by atoms with E-state index in [4.69, 9.17) is 0 Å². The molecule has 0 radical (unpaired) electrons. The van der Waals surface area contributed by atoms with Crippen molar-refractivity contribution in [2.24, 2.45) is 0 Å². The molecule has 0 saturated carbocycles. The molecule has 0 aliphatic rings. The van der Waals surface area contributed by atoms with Crippen LogP contribution in [0.1, 0.15) is 22.3 Å². The van der Waals surface area contributed by atoms with Crippen LogP contribution in [-0.2, 0) is 6.54 Å². The highest BCUT2D eigenvalue weighted by Crippen LogP contribution is 2.23. The fourth-order valence-corrected chi connectivity index (χ4v) is 2.64. The minimum Gasteiger partial charge on any atom is -0.380 e. The molecule has 0 heterocycles. The van der Waals surface area contributed by atoms with Gasteiger partial charge in [0, 0.05) is 22.3 Å². The molecule has 3 heteroatoms. The van der Waals surface area contributed by atoms with E-state index >= 15 is 0 Å². The molecule has 1 nitrogen and oxygen atoms in total. The highest BCUT2D eigenvalue weighted by molar-refractivity contribution is 9.10. The van der Waals surface area contributed by atoms with Crippen molar-refractivity contribution in [2.75, 3.05) is 5.32 Å². The van der Waals surface area contributed by atoms with Crippen LogP contribution in [0.25, 0.3) is 0 Å². The molecule has 2 rings (SSSR count). The number of hydrogen-bond donors (Lipinski definition) is 1. The zero-order valence-electron chi connectivity index (χ0n) is 11.3. The zero-order chi connectivity index (χ0) is 14.0. The summed E-state index contributed by atoms with van der Waals surface area (Å²) in [6.45, 7) is 6.71. The third kappa shape index (κ3) is 3.35. The van der Waals surface area contributed by atoms with Gasteiger partial charge in [0.1, 0.15) is 5.82 Å². The fourth-order valence-electron chi connectivity index (χ4n) is 2.31. The Morgan fingerprint density at radius 1 is 1.05 bits per heavy atom. The van der Waals surface area contributed by atoms with Gasteiger partial charge in [-0.25, -0.2) is 4.39 Å². The molecule has 100 valence electrons. The van der Waals surface area contributed by atoms with Crippen LogP contribution in [0.2, 0.25) is 0 Å². The molecular weight excluding hydrogens is 305 g/mol. The first-order chi connectivity index (χ1) is 8.97. The van der Waals surface area contributed by atoms with E-state index in [0.29, 0.717) is 12.1 Å². The monoisotopic (exact) mass is 321 g/mol. The van der Waals surface area contributed by atoms with Gasteiger partial charge in [0.05, 0.1) is 0 Å². The third-order valence-electron chi connectivity index (χ3n) is 3.15. The first-order valence-corrected chi connectivity index (χ1v) is 7.02. The maximum absolute atomic E-state index is 13.7. The summed E-state index contributed by atoms with van der Waals surface area (Å²) in [6.07, 6.45) is 0. The lowest BCUT2D eigenvalue weighted by atomic mass is 10.0. The molecule has 0 spiro atoms. The Hall–Kier alpha value is -1.35. The number of hydrogen-bond acceptors (Lipinski definition) is 1. The van der Waals surface area contributed by atoms with Gasteiger partial charge in [-0.3, -0.25) is 0 Å². The number of benzene rings is 2. The summed E-state index contributed by atoms with van der Waals surface area (Å²) in [5.41, 5.74) is 5.39. The van der Waals surface area contributed by atoms with Gasteiger partial charge in [0.15, 0.2) is 0 Å². The van der Waals surface area contributed by atoms with E-state index in [2.05, 4.69) is 54.2 Å². The van der Waals surface area contributed by atoms with Crippen LogP contribution in [-0.4, -0.2) is 0 Å². The van der Waals surface area contributed by atoms with Gasteiger partial charge in [-0.1, -0.05) is 39.7 Å². The summed E-state index contributed by atoms with van der Waals surface area (Å²) in [6, 6.07) is 9.41. The molecular formula is C16H17BrFN. The molecule has 0 aromatic heterocycles. The molecule has 0 fully saturated rings. The van der Waals surface area contributed by atoms with Gasteiger partial charge in [-0.15, -0.1) is 0 Å². The van der Waals surface area contributed by atoms with Crippen LogP contribution in [0.3, 0.4) is 0 Å². The van der Waals surface area contributed by atoms with Crippen molar-refractivity contribution in [3.8, 4) is 0 Å². The van der Waals surface area contributed by atoms with Crippen molar-refractivity contribution in [1.29, 1.82) is 0 Å². The second-order valence-corrected chi connectivity index (χ2v) is 5.78. The van der Waals surface area contributed by atoms with Gasteiger partial charge in [-0.2, -0.15) is 0 Å². The average Bonchev–Trinajstić information content (AvgIpc) is 2.30. The van der Waals surface area contributed by atoms with E-state index in [1.165, 1.54) is 22.8 Å². The number of nitrogens with one attached hydrogen (secondary N) is 1. The molecule has 1 N–H and O–H groups in total. The quantitative estimate of drug-likeness (QED) is 0.826. The first-order valence-electron chi connectivity index (χ1n) is 6.23. The maximum atomic E-state index is 13.7. The number of rotatable bonds is 3. The lowest BCUT2D eigenvalue weighted by Gasteiger charge is -2.14. The number of halogens is 2.